The zero-order chi connectivity index (χ0) is 18.5. The van der Waals surface area contributed by atoms with Gasteiger partial charge in [0, 0.05) is 11.6 Å². The number of allylic oxidation sites excluding steroid dienone is 1. The van der Waals surface area contributed by atoms with E-state index in [0.717, 1.165) is 6.42 Å². The molecule has 0 bridgehead atoms. The molecule has 0 aliphatic heterocycles. The molecule has 0 atom stereocenters. The van der Waals surface area contributed by atoms with E-state index in [1.165, 1.54) is 17.7 Å². The highest BCUT2D eigenvalue weighted by molar-refractivity contribution is 6.06. The van der Waals surface area contributed by atoms with E-state index in [-0.39, 0.29) is 11.5 Å². The summed E-state index contributed by atoms with van der Waals surface area (Å²) < 4.78 is 5.64. The fourth-order valence-electron chi connectivity index (χ4n) is 2.59. The molecule has 2 aromatic carbocycles. The Morgan fingerprint density at radius 1 is 1.08 bits per heavy atom. The summed E-state index contributed by atoms with van der Waals surface area (Å²) in [7, 11) is 0. The van der Waals surface area contributed by atoms with Gasteiger partial charge in [0.05, 0.1) is 10.5 Å². The zero-order valence-electron chi connectivity index (χ0n) is 14.2. The number of nitro benzene ring substituents is 1. The second-order valence-corrected chi connectivity index (χ2v) is 5.72. The van der Waals surface area contributed by atoms with Crippen LogP contribution in [-0.4, -0.2) is 10.7 Å². The van der Waals surface area contributed by atoms with E-state index in [1.807, 2.05) is 12.1 Å². The highest BCUT2D eigenvalue weighted by atomic mass is 16.6. The molecule has 1 heterocycles. The fourth-order valence-corrected chi connectivity index (χ4v) is 2.59. The first-order valence-electron chi connectivity index (χ1n) is 8.23. The number of nitro groups is 1. The van der Waals surface area contributed by atoms with Crippen molar-refractivity contribution in [1.29, 1.82) is 0 Å². The number of hydrogen-bond donors (Lipinski definition) is 0. The van der Waals surface area contributed by atoms with Crippen LogP contribution in [0.3, 0.4) is 0 Å². The third-order valence-electron chi connectivity index (χ3n) is 4.04. The molecule has 0 N–H and O–H groups in total. The van der Waals surface area contributed by atoms with E-state index < -0.39 is 4.92 Å². The first-order chi connectivity index (χ1) is 12.6. The van der Waals surface area contributed by atoms with Gasteiger partial charge in [-0.3, -0.25) is 14.9 Å². The first kappa shape index (κ1) is 17.4. The lowest BCUT2D eigenvalue weighted by atomic mass is 10.1. The summed E-state index contributed by atoms with van der Waals surface area (Å²) in [5.41, 5.74) is 2.15. The number of nitrogens with zero attached hydrogens (tertiary/aromatic N) is 1. The van der Waals surface area contributed by atoms with Crippen LogP contribution in [0.1, 0.15) is 28.6 Å². The number of rotatable bonds is 6. The largest absolute Gasteiger partial charge is 0.456 e. The highest BCUT2D eigenvalue weighted by Gasteiger charge is 2.16. The van der Waals surface area contributed by atoms with Crippen LogP contribution in [-0.2, 0) is 6.42 Å². The fraction of sp³-hybridized carbons (Fsp3) is 0.0952. The average molecular weight is 347 g/mol. The second kappa shape index (κ2) is 7.61. The Hall–Kier alpha value is -3.47. The second-order valence-electron chi connectivity index (χ2n) is 5.72. The van der Waals surface area contributed by atoms with Gasteiger partial charge in [0.2, 0.25) is 0 Å². The smallest absolute Gasteiger partial charge is 0.280 e. The van der Waals surface area contributed by atoms with Crippen molar-refractivity contribution in [3.63, 3.8) is 0 Å². The van der Waals surface area contributed by atoms with Crippen LogP contribution < -0.4 is 0 Å². The molecule has 0 saturated carbocycles. The van der Waals surface area contributed by atoms with Crippen molar-refractivity contribution in [2.45, 2.75) is 13.3 Å². The molecule has 1 aromatic heterocycles. The molecule has 0 radical (unpaired) electrons. The van der Waals surface area contributed by atoms with Gasteiger partial charge in [-0.2, -0.15) is 0 Å². The molecule has 5 nitrogen and oxygen atoms in total. The summed E-state index contributed by atoms with van der Waals surface area (Å²) in [4.78, 5) is 22.9. The molecule has 0 amide bonds. The molecule has 0 unspecified atom stereocenters. The van der Waals surface area contributed by atoms with Crippen molar-refractivity contribution in [1.82, 2.24) is 0 Å². The summed E-state index contributed by atoms with van der Waals surface area (Å²) in [5.74, 6) is 0.713. The van der Waals surface area contributed by atoms with Crippen LogP contribution in [0.15, 0.2) is 71.2 Å². The standard InChI is InChI=1S/C21H17NO4/c1-2-15-7-9-16(10-8-15)20(23)13-11-17-12-14-21(26-17)18-5-3-4-6-19(18)22(24)25/h3-14H,2H2,1H3/b13-11+. The number of aryl methyl sites for hydroxylation is 1. The molecular formula is C21H17NO4. The minimum Gasteiger partial charge on any atom is -0.456 e. The predicted molar refractivity (Wildman–Crippen MR) is 100.0 cm³/mol. The number of ketones is 1. The lowest BCUT2D eigenvalue weighted by Crippen LogP contribution is -1.94. The zero-order valence-corrected chi connectivity index (χ0v) is 14.2. The molecule has 5 heteroatoms. The third kappa shape index (κ3) is 3.78. The van der Waals surface area contributed by atoms with Gasteiger partial charge in [-0.25, -0.2) is 0 Å². The van der Waals surface area contributed by atoms with Crippen LogP contribution in [0.2, 0.25) is 0 Å². The van der Waals surface area contributed by atoms with E-state index in [1.54, 1.807) is 48.5 Å². The van der Waals surface area contributed by atoms with Crippen LogP contribution in [0.5, 0.6) is 0 Å². The van der Waals surface area contributed by atoms with Gasteiger partial charge in [0.15, 0.2) is 5.78 Å². The SMILES string of the molecule is CCc1ccc(C(=O)/C=C/c2ccc(-c3ccccc3[N+](=O)[O-])o2)cc1. The lowest BCUT2D eigenvalue weighted by Gasteiger charge is -1.99. The Morgan fingerprint density at radius 2 is 1.81 bits per heavy atom. The molecular weight excluding hydrogens is 330 g/mol. The number of para-hydroxylation sites is 1. The maximum atomic E-state index is 12.2. The topological polar surface area (TPSA) is 73.3 Å². The van der Waals surface area contributed by atoms with Gasteiger partial charge in [-0.1, -0.05) is 43.3 Å². The minimum absolute atomic E-state index is 0.0236. The lowest BCUT2D eigenvalue weighted by molar-refractivity contribution is -0.384. The van der Waals surface area contributed by atoms with Gasteiger partial charge >= 0.3 is 0 Å². The normalized spacial score (nSPS) is 11.0. The van der Waals surface area contributed by atoms with Gasteiger partial charge in [-0.05, 0) is 42.3 Å². The first-order valence-corrected chi connectivity index (χ1v) is 8.23. The molecule has 0 saturated heterocycles. The van der Waals surface area contributed by atoms with Crippen molar-refractivity contribution < 1.29 is 14.1 Å². The maximum Gasteiger partial charge on any atom is 0.280 e. The molecule has 0 aliphatic rings. The van der Waals surface area contributed by atoms with Crippen LogP contribution in [0.4, 0.5) is 5.69 Å². The van der Waals surface area contributed by atoms with Gasteiger partial charge < -0.3 is 4.42 Å². The Bertz CT molecular complexity index is 968. The van der Waals surface area contributed by atoms with Crippen LogP contribution >= 0.6 is 0 Å². The summed E-state index contributed by atoms with van der Waals surface area (Å²) in [6, 6.07) is 17.2. The summed E-state index contributed by atoms with van der Waals surface area (Å²) >= 11 is 0. The van der Waals surface area contributed by atoms with E-state index in [4.69, 9.17) is 4.42 Å². The van der Waals surface area contributed by atoms with Crippen LogP contribution in [0.25, 0.3) is 17.4 Å². The minimum atomic E-state index is -0.448. The monoisotopic (exact) mass is 347 g/mol. The van der Waals surface area contributed by atoms with Crippen molar-refractivity contribution in [3.05, 3.63) is 93.7 Å². The summed E-state index contributed by atoms with van der Waals surface area (Å²) in [5, 5.41) is 11.1. The molecule has 130 valence electrons. The highest BCUT2D eigenvalue weighted by Crippen LogP contribution is 2.31. The summed E-state index contributed by atoms with van der Waals surface area (Å²) in [6.45, 7) is 2.06. The molecule has 0 aliphatic carbocycles. The Balaban J connectivity index is 1.79. The molecule has 3 rings (SSSR count). The van der Waals surface area contributed by atoms with Crippen molar-refractivity contribution in [2.75, 3.05) is 0 Å². The van der Waals surface area contributed by atoms with E-state index in [0.29, 0.717) is 22.6 Å². The number of benzene rings is 2. The van der Waals surface area contributed by atoms with E-state index in [9.17, 15) is 14.9 Å². The third-order valence-corrected chi connectivity index (χ3v) is 4.04. The number of furan rings is 1. The molecule has 0 spiro atoms. The summed E-state index contributed by atoms with van der Waals surface area (Å²) in [6.07, 6.45) is 3.92. The maximum absolute atomic E-state index is 12.2. The quantitative estimate of drug-likeness (QED) is 0.262. The van der Waals surface area contributed by atoms with Gasteiger partial charge in [-0.15, -0.1) is 0 Å². The van der Waals surface area contributed by atoms with E-state index in [2.05, 4.69) is 6.92 Å². The van der Waals surface area contributed by atoms with Crippen LogP contribution in [0, 0.1) is 10.1 Å². The number of carbonyl (C=O) groups excluding carboxylic acids is 1. The Morgan fingerprint density at radius 3 is 2.50 bits per heavy atom. The number of carbonyl (C=O) groups is 1. The van der Waals surface area contributed by atoms with Crippen molar-refractivity contribution in [2.24, 2.45) is 0 Å². The van der Waals surface area contributed by atoms with Gasteiger partial charge in [0.1, 0.15) is 11.5 Å². The van der Waals surface area contributed by atoms with E-state index >= 15 is 0 Å². The molecule has 3 aromatic rings. The van der Waals surface area contributed by atoms with Crippen molar-refractivity contribution in [3.8, 4) is 11.3 Å². The van der Waals surface area contributed by atoms with Crippen molar-refractivity contribution >= 4 is 17.5 Å². The van der Waals surface area contributed by atoms with Gasteiger partial charge in [0.25, 0.3) is 5.69 Å². The molecule has 26 heavy (non-hydrogen) atoms. The Labute approximate surface area is 150 Å². The number of hydrogen-bond acceptors (Lipinski definition) is 4. The Kier molecular flexibility index (Phi) is 5.08. The predicted octanol–water partition coefficient (Wildman–Crippen LogP) is 5.31. The molecule has 0 fully saturated rings. The average Bonchev–Trinajstić information content (AvgIpc) is 3.15.